The zero-order valence-corrected chi connectivity index (χ0v) is 12.7. The number of carbonyl (C=O) groups is 1. The molecule has 3 rings (SSSR count). The van der Waals surface area contributed by atoms with Crippen LogP contribution in [0, 0.1) is 5.92 Å². The zero-order chi connectivity index (χ0) is 15.4. The summed E-state index contributed by atoms with van der Waals surface area (Å²) >= 11 is 1.63. The van der Waals surface area contributed by atoms with Gasteiger partial charge in [-0.1, -0.05) is 0 Å². The molecule has 6 nitrogen and oxygen atoms in total. The van der Waals surface area contributed by atoms with Gasteiger partial charge < -0.3 is 10.4 Å². The molecule has 0 aliphatic carbocycles. The van der Waals surface area contributed by atoms with E-state index >= 15 is 0 Å². The molecule has 0 saturated carbocycles. The van der Waals surface area contributed by atoms with Crippen molar-refractivity contribution < 1.29 is 9.90 Å². The summed E-state index contributed by atoms with van der Waals surface area (Å²) in [6.07, 6.45) is 5.81. The van der Waals surface area contributed by atoms with E-state index in [9.17, 15) is 9.90 Å². The third-order valence-corrected chi connectivity index (χ3v) is 4.11. The van der Waals surface area contributed by atoms with Crippen molar-refractivity contribution in [2.45, 2.75) is 6.42 Å². The van der Waals surface area contributed by atoms with Gasteiger partial charge in [-0.2, -0.15) is 11.3 Å². The third-order valence-electron chi connectivity index (χ3n) is 3.38. The van der Waals surface area contributed by atoms with Crippen molar-refractivity contribution in [1.82, 2.24) is 19.7 Å². The number of hydrogen-bond donors (Lipinski definition) is 2. The van der Waals surface area contributed by atoms with E-state index in [2.05, 4.69) is 20.7 Å². The summed E-state index contributed by atoms with van der Waals surface area (Å²) in [7, 11) is 0. The lowest BCUT2D eigenvalue weighted by Crippen LogP contribution is -2.32. The van der Waals surface area contributed by atoms with Crippen LogP contribution in [0.3, 0.4) is 0 Å². The summed E-state index contributed by atoms with van der Waals surface area (Å²) in [6.45, 7) is 0.440. The lowest BCUT2D eigenvalue weighted by Gasteiger charge is -2.13. The summed E-state index contributed by atoms with van der Waals surface area (Å²) in [6, 6.07) is 3.81. The Hall–Kier alpha value is -2.25. The van der Waals surface area contributed by atoms with Crippen LogP contribution >= 0.6 is 11.3 Å². The summed E-state index contributed by atoms with van der Waals surface area (Å²) in [4.78, 5) is 20.4. The summed E-state index contributed by atoms with van der Waals surface area (Å²) in [5, 5.41) is 16.3. The van der Waals surface area contributed by atoms with Gasteiger partial charge in [0, 0.05) is 37.7 Å². The van der Waals surface area contributed by atoms with Gasteiger partial charge in [0.25, 0.3) is 5.91 Å². The number of nitrogens with one attached hydrogen (secondary N) is 1. The maximum Gasteiger partial charge on any atom is 0.271 e. The Bertz CT molecular complexity index is 721. The topological polar surface area (TPSA) is 79.5 Å². The third kappa shape index (κ3) is 3.32. The van der Waals surface area contributed by atoms with Crippen molar-refractivity contribution in [3.63, 3.8) is 0 Å². The quantitative estimate of drug-likeness (QED) is 0.720. The molecule has 1 amide bonds. The van der Waals surface area contributed by atoms with E-state index in [0.717, 1.165) is 6.42 Å². The minimum atomic E-state index is -0.255. The smallest absolute Gasteiger partial charge is 0.271 e. The molecular formula is C15H16N4O2S. The largest absolute Gasteiger partial charge is 0.396 e. The molecule has 1 atom stereocenters. The van der Waals surface area contributed by atoms with E-state index in [1.165, 1.54) is 5.56 Å². The second-order valence-electron chi connectivity index (χ2n) is 5.05. The lowest BCUT2D eigenvalue weighted by atomic mass is 10.0. The molecule has 0 radical (unpaired) electrons. The summed E-state index contributed by atoms with van der Waals surface area (Å²) in [5.41, 5.74) is 1.50. The monoisotopic (exact) mass is 316 g/mol. The number of carbonyl (C=O) groups excluding carboxylic acids is 1. The van der Waals surface area contributed by atoms with Crippen molar-refractivity contribution in [3.8, 4) is 0 Å². The van der Waals surface area contributed by atoms with E-state index in [0.29, 0.717) is 18.0 Å². The normalized spacial score (nSPS) is 12.4. The summed E-state index contributed by atoms with van der Waals surface area (Å²) in [5.74, 6) is 0.229. The molecule has 3 aromatic rings. The highest BCUT2D eigenvalue weighted by atomic mass is 32.1. The van der Waals surface area contributed by atoms with Gasteiger partial charge in [-0.05, 0) is 34.9 Å². The molecule has 0 fully saturated rings. The van der Waals surface area contributed by atoms with Crippen LogP contribution < -0.4 is 5.32 Å². The maximum absolute atomic E-state index is 12.1. The molecule has 22 heavy (non-hydrogen) atoms. The molecule has 0 saturated heterocycles. The number of aromatic nitrogens is 3. The number of aliphatic hydroxyl groups excluding tert-OH is 1. The van der Waals surface area contributed by atoms with Gasteiger partial charge in [0.15, 0.2) is 0 Å². The average Bonchev–Trinajstić information content (AvgIpc) is 3.19. The average molecular weight is 316 g/mol. The molecule has 1 unspecified atom stereocenters. The molecule has 7 heteroatoms. The number of aliphatic hydroxyl groups is 1. The van der Waals surface area contributed by atoms with Crippen LogP contribution in [0.4, 0.5) is 0 Å². The van der Waals surface area contributed by atoms with E-state index in [1.54, 1.807) is 40.4 Å². The SMILES string of the molecule is O=C(NCC(CO)Cc1ccsc1)c1cn2cccnc2n1. The number of amides is 1. The molecule has 2 N–H and O–H groups in total. The fourth-order valence-corrected chi connectivity index (χ4v) is 2.89. The van der Waals surface area contributed by atoms with Gasteiger partial charge in [-0.25, -0.2) is 9.97 Å². The molecule has 3 heterocycles. The number of rotatable bonds is 6. The van der Waals surface area contributed by atoms with Gasteiger partial charge in [0.1, 0.15) is 5.69 Å². The first-order valence-corrected chi connectivity index (χ1v) is 7.90. The maximum atomic E-state index is 12.1. The standard InChI is InChI=1S/C15H16N4O2S/c20-9-12(6-11-2-5-22-10-11)7-17-14(21)13-8-19-4-1-3-16-15(19)18-13/h1-5,8,10,12,20H,6-7,9H2,(H,17,21). The number of fused-ring (bicyclic) bond motifs is 1. The van der Waals surface area contributed by atoms with Gasteiger partial charge in [-0.15, -0.1) is 0 Å². The Morgan fingerprint density at radius 1 is 1.50 bits per heavy atom. The second kappa shape index (κ2) is 6.67. The second-order valence-corrected chi connectivity index (χ2v) is 5.83. The molecule has 0 spiro atoms. The Balaban J connectivity index is 1.61. The Labute approximate surface area is 131 Å². The molecule has 0 aliphatic rings. The molecular weight excluding hydrogens is 300 g/mol. The van der Waals surface area contributed by atoms with Crippen LogP contribution in [-0.2, 0) is 6.42 Å². The van der Waals surface area contributed by atoms with Crippen molar-refractivity contribution in [2.75, 3.05) is 13.2 Å². The van der Waals surface area contributed by atoms with Crippen molar-refractivity contribution in [2.24, 2.45) is 5.92 Å². The predicted molar refractivity (Wildman–Crippen MR) is 83.9 cm³/mol. The first-order chi connectivity index (χ1) is 10.8. The highest BCUT2D eigenvalue weighted by molar-refractivity contribution is 7.07. The van der Waals surface area contributed by atoms with Crippen molar-refractivity contribution in [1.29, 1.82) is 0 Å². The van der Waals surface area contributed by atoms with Crippen LogP contribution in [0.15, 0.2) is 41.5 Å². The molecule has 0 bridgehead atoms. The first-order valence-electron chi connectivity index (χ1n) is 6.96. The minimum Gasteiger partial charge on any atom is -0.396 e. The van der Waals surface area contributed by atoms with Gasteiger partial charge in [0.05, 0.1) is 0 Å². The Morgan fingerprint density at radius 2 is 2.41 bits per heavy atom. The molecule has 0 aliphatic heterocycles. The van der Waals surface area contributed by atoms with E-state index in [4.69, 9.17) is 0 Å². The van der Waals surface area contributed by atoms with Crippen LogP contribution in [0.5, 0.6) is 0 Å². The van der Waals surface area contributed by atoms with Crippen molar-refractivity contribution in [3.05, 3.63) is 52.7 Å². The minimum absolute atomic E-state index is 0.00583. The fourth-order valence-electron chi connectivity index (χ4n) is 2.21. The molecule has 114 valence electrons. The Kier molecular flexibility index (Phi) is 4.45. The van der Waals surface area contributed by atoms with Crippen LogP contribution in [0.2, 0.25) is 0 Å². The van der Waals surface area contributed by atoms with Crippen LogP contribution in [0.1, 0.15) is 16.1 Å². The molecule has 0 aromatic carbocycles. The lowest BCUT2D eigenvalue weighted by molar-refractivity contribution is 0.0935. The number of hydrogen-bond acceptors (Lipinski definition) is 5. The highest BCUT2D eigenvalue weighted by Crippen LogP contribution is 2.12. The fraction of sp³-hybridized carbons (Fsp3) is 0.267. The van der Waals surface area contributed by atoms with Gasteiger partial charge >= 0.3 is 0 Å². The van der Waals surface area contributed by atoms with Gasteiger partial charge in [-0.3, -0.25) is 9.20 Å². The van der Waals surface area contributed by atoms with Gasteiger partial charge in [0.2, 0.25) is 5.78 Å². The predicted octanol–water partition coefficient (Wildman–Crippen LogP) is 1.37. The van der Waals surface area contributed by atoms with Crippen LogP contribution in [-0.4, -0.2) is 38.5 Å². The Morgan fingerprint density at radius 3 is 3.14 bits per heavy atom. The number of imidazole rings is 1. The number of nitrogens with zero attached hydrogens (tertiary/aromatic N) is 3. The number of thiophene rings is 1. The van der Waals surface area contributed by atoms with Crippen molar-refractivity contribution >= 4 is 23.0 Å². The zero-order valence-electron chi connectivity index (χ0n) is 11.8. The van der Waals surface area contributed by atoms with E-state index in [1.807, 2.05) is 11.4 Å². The van der Waals surface area contributed by atoms with Crippen LogP contribution in [0.25, 0.3) is 5.78 Å². The van der Waals surface area contributed by atoms with E-state index in [-0.39, 0.29) is 18.4 Å². The summed E-state index contributed by atoms with van der Waals surface area (Å²) < 4.78 is 1.70. The highest BCUT2D eigenvalue weighted by Gasteiger charge is 2.14. The van der Waals surface area contributed by atoms with E-state index < -0.39 is 0 Å². The molecule has 3 aromatic heterocycles. The first kappa shape index (κ1) is 14.7.